The smallest absolute Gasteiger partial charge is 0.0431 e. The minimum absolute atomic E-state index is 0.260. The minimum atomic E-state index is 0.260. The Bertz CT molecular complexity index is 44.3. The molecule has 0 rings (SSSR count). The van der Waals surface area contributed by atoms with E-state index in [0.29, 0.717) is 13.1 Å². The SMILES string of the molecule is [NH]CC[N]CCCCO. The fourth-order valence-corrected chi connectivity index (χ4v) is 0.526. The van der Waals surface area contributed by atoms with Gasteiger partial charge in [0.1, 0.15) is 0 Å². The molecule has 0 aliphatic carbocycles. The van der Waals surface area contributed by atoms with Crippen LogP contribution in [-0.4, -0.2) is 31.3 Å². The number of unbranched alkanes of at least 4 members (excludes halogenated alkanes) is 1. The number of nitrogens with one attached hydrogen (secondary N) is 1. The van der Waals surface area contributed by atoms with E-state index in [9.17, 15) is 0 Å². The van der Waals surface area contributed by atoms with Crippen molar-refractivity contribution in [3.05, 3.63) is 0 Å². The van der Waals surface area contributed by atoms with Gasteiger partial charge in [0.2, 0.25) is 0 Å². The Morgan fingerprint density at radius 1 is 1.22 bits per heavy atom. The average Bonchev–Trinajstić information content (AvgIpc) is 1.89. The molecule has 0 aromatic carbocycles. The summed E-state index contributed by atoms with van der Waals surface area (Å²) in [5.74, 6) is 0. The Hall–Kier alpha value is -0.120. The molecule has 0 aromatic rings. The van der Waals surface area contributed by atoms with Gasteiger partial charge in [0.05, 0.1) is 0 Å². The zero-order valence-electron chi connectivity index (χ0n) is 5.64. The molecule has 0 spiro atoms. The maximum absolute atomic E-state index is 8.34. The van der Waals surface area contributed by atoms with Crippen molar-refractivity contribution in [2.75, 3.05) is 26.2 Å². The van der Waals surface area contributed by atoms with Gasteiger partial charge >= 0.3 is 0 Å². The average molecular weight is 130 g/mol. The Labute approximate surface area is 56.2 Å². The van der Waals surface area contributed by atoms with E-state index in [1.165, 1.54) is 0 Å². The van der Waals surface area contributed by atoms with Crippen LogP contribution in [0.25, 0.3) is 0 Å². The molecule has 9 heavy (non-hydrogen) atoms. The summed E-state index contributed by atoms with van der Waals surface area (Å²) in [6.45, 7) is 2.10. The fourth-order valence-electron chi connectivity index (χ4n) is 0.526. The van der Waals surface area contributed by atoms with Crippen molar-refractivity contribution in [2.24, 2.45) is 0 Å². The van der Waals surface area contributed by atoms with E-state index in [-0.39, 0.29) is 6.61 Å². The van der Waals surface area contributed by atoms with E-state index in [0.717, 1.165) is 19.4 Å². The second-order valence-corrected chi connectivity index (χ2v) is 1.85. The third-order valence-corrected chi connectivity index (χ3v) is 0.994. The molecule has 0 amide bonds. The lowest BCUT2D eigenvalue weighted by Gasteiger charge is -1.96. The van der Waals surface area contributed by atoms with Crippen LogP contribution in [0.5, 0.6) is 0 Å². The second kappa shape index (κ2) is 7.88. The van der Waals surface area contributed by atoms with E-state index >= 15 is 0 Å². The molecule has 0 saturated heterocycles. The molecule has 0 heterocycles. The van der Waals surface area contributed by atoms with Crippen LogP contribution in [0.4, 0.5) is 0 Å². The van der Waals surface area contributed by atoms with Gasteiger partial charge in [0.15, 0.2) is 0 Å². The quantitative estimate of drug-likeness (QED) is 0.491. The molecular weight excluding hydrogens is 116 g/mol. The van der Waals surface area contributed by atoms with Crippen molar-refractivity contribution in [1.82, 2.24) is 11.1 Å². The molecular formula is C6H14N2O. The van der Waals surface area contributed by atoms with Crippen LogP contribution in [0.2, 0.25) is 0 Å². The summed E-state index contributed by atoms with van der Waals surface area (Å²) in [6, 6.07) is 0. The van der Waals surface area contributed by atoms with Gasteiger partial charge in [-0.2, -0.15) is 0 Å². The largest absolute Gasteiger partial charge is 0.396 e. The topological polar surface area (TPSA) is 58.1 Å². The summed E-state index contributed by atoms with van der Waals surface area (Å²) >= 11 is 0. The number of hydrogen-bond donors (Lipinski definition) is 1. The predicted octanol–water partition coefficient (Wildman–Crippen LogP) is -0.354. The molecule has 0 aliphatic rings. The number of rotatable bonds is 6. The summed E-state index contributed by atoms with van der Waals surface area (Å²) in [5, 5.41) is 12.4. The second-order valence-electron chi connectivity index (χ2n) is 1.85. The lowest BCUT2D eigenvalue weighted by atomic mass is 10.3. The number of nitrogens with zero attached hydrogens (tertiary/aromatic N) is 1. The summed E-state index contributed by atoms with van der Waals surface area (Å²) in [6.07, 6.45) is 1.79. The highest BCUT2D eigenvalue weighted by Gasteiger charge is 1.86. The number of hydrogen-bond acceptors (Lipinski definition) is 1. The molecule has 0 fully saturated rings. The van der Waals surface area contributed by atoms with Crippen LogP contribution in [0.1, 0.15) is 12.8 Å². The van der Waals surface area contributed by atoms with E-state index in [1.54, 1.807) is 0 Å². The van der Waals surface area contributed by atoms with Crippen molar-refractivity contribution in [3.63, 3.8) is 0 Å². The van der Waals surface area contributed by atoms with Crippen LogP contribution in [0.15, 0.2) is 0 Å². The molecule has 3 heteroatoms. The zero-order valence-corrected chi connectivity index (χ0v) is 5.64. The molecule has 0 saturated carbocycles. The minimum Gasteiger partial charge on any atom is -0.396 e. The van der Waals surface area contributed by atoms with Gasteiger partial charge in [0, 0.05) is 26.2 Å². The number of aliphatic hydroxyl groups is 1. The molecule has 0 aliphatic heterocycles. The van der Waals surface area contributed by atoms with Gasteiger partial charge in [-0.15, -0.1) is 0 Å². The maximum atomic E-state index is 8.34. The van der Waals surface area contributed by atoms with Crippen LogP contribution in [-0.2, 0) is 0 Å². The first-order chi connectivity index (χ1) is 4.41. The van der Waals surface area contributed by atoms with Gasteiger partial charge in [-0.3, -0.25) is 5.73 Å². The van der Waals surface area contributed by atoms with Crippen LogP contribution in [0, 0.1) is 0 Å². The van der Waals surface area contributed by atoms with Crippen LogP contribution >= 0.6 is 0 Å². The first-order valence-electron chi connectivity index (χ1n) is 3.30. The summed E-state index contributed by atoms with van der Waals surface area (Å²) in [5.41, 5.74) is 6.74. The predicted molar refractivity (Wildman–Crippen MR) is 36.2 cm³/mol. The lowest BCUT2D eigenvalue weighted by molar-refractivity contribution is 0.283. The van der Waals surface area contributed by atoms with E-state index in [2.05, 4.69) is 5.32 Å². The van der Waals surface area contributed by atoms with Gasteiger partial charge in [-0.1, -0.05) is 0 Å². The van der Waals surface area contributed by atoms with E-state index in [4.69, 9.17) is 10.8 Å². The first kappa shape index (κ1) is 8.88. The highest BCUT2D eigenvalue weighted by molar-refractivity contribution is 4.46. The standard InChI is InChI=1S/C6H14N2O/c7-3-5-8-4-1-2-6-9/h7,9H,1-6H2. The Morgan fingerprint density at radius 2 is 2.00 bits per heavy atom. The van der Waals surface area contributed by atoms with Crippen molar-refractivity contribution in [1.29, 1.82) is 0 Å². The summed E-state index contributed by atoms with van der Waals surface area (Å²) < 4.78 is 0. The lowest BCUT2D eigenvalue weighted by Crippen LogP contribution is -2.12. The molecule has 0 aromatic heterocycles. The Morgan fingerprint density at radius 3 is 2.56 bits per heavy atom. The molecule has 0 unspecified atom stereocenters. The van der Waals surface area contributed by atoms with Gasteiger partial charge in [0.25, 0.3) is 0 Å². The molecule has 3 nitrogen and oxygen atoms in total. The van der Waals surface area contributed by atoms with Crippen molar-refractivity contribution in [3.8, 4) is 0 Å². The van der Waals surface area contributed by atoms with Crippen LogP contribution in [0.3, 0.4) is 0 Å². The third kappa shape index (κ3) is 7.88. The molecule has 2 radical (unpaired) electrons. The van der Waals surface area contributed by atoms with E-state index < -0.39 is 0 Å². The maximum Gasteiger partial charge on any atom is 0.0431 e. The summed E-state index contributed by atoms with van der Waals surface area (Å²) in [7, 11) is 0. The van der Waals surface area contributed by atoms with Gasteiger partial charge in [-0.25, -0.2) is 5.32 Å². The highest BCUT2D eigenvalue weighted by Crippen LogP contribution is 1.83. The monoisotopic (exact) mass is 130 g/mol. The number of aliphatic hydroxyl groups excluding tert-OH is 1. The third-order valence-electron chi connectivity index (χ3n) is 0.994. The Kier molecular flexibility index (Phi) is 7.77. The first-order valence-corrected chi connectivity index (χ1v) is 3.30. The van der Waals surface area contributed by atoms with Crippen molar-refractivity contribution in [2.45, 2.75) is 12.8 Å². The van der Waals surface area contributed by atoms with Crippen molar-refractivity contribution < 1.29 is 5.11 Å². The fraction of sp³-hybridized carbons (Fsp3) is 1.00. The molecule has 54 valence electrons. The molecule has 0 bridgehead atoms. The van der Waals surface area contributed by atoms with Crippen LogP contribution < -0.4 is 11.1 Å². The normalized spacial score (nSPS) is 10.0. The Balaban J connectivity index is 2.60. The van der Waals surface area contributed by atoms with Gasteiger partial charge in [-0.05, 0) is 12.8 Å². The van der Waals surface area contributed by atoms with Gasteiger partial charge < -0.3 is 5.11 Å². The summed E-state index contributed by atoms with van der Waals surface area (Å²) in [4.78, 5) is 0. The highest BCUT2D eigenvalue weighted by atomic mass is 16.2. The zero-order chi connectivity index (χ0) is 6.95. The van der Waals surface area contributed by atoms with E-state index in [1.807, 2.05) is 0 Å². The molecule has 2 N–H and O–H groups in total. The molecule has 0 atom stereocenters. The van der Waals surface area contributed by atoms with Crippen molar-refractivity contribution >= 4 is 0 Å².